The van der Waals surface area contributed by atoms with Crippen molar-refractivity contribution in [3.8, 4) is 0 Å². The number of hydroxylamine groups is 1. The molecule has 2 saturated heterocycles. The first kappa shape index (κ1) is 15.5. The zero-order chi connectivity index (χ0) is 16.8. The normalized spacial score (nSPS) is 22.6. The average Bonchev–Trinajstić information content (AvgIpc) is 2.47. The molecule has 3 heterocycles. The second kappa shape index (κ2) is 5.34. The zero-order valence-electron chi connectivity index (χ0n) is 13.2. The third-order valence-electron chi connectivity index (χ3n) is 3.90. The van der Waals surface area contributed by atoms with Gasteiger partial charge >= 0.3 is 6.09 Å². The molecule has 0 bridgehead atoms. The fraction of sp³-hybridized carbons (Fsp3) is 0.571. The van der Waals surface area contributed by atoms with E-state index in [1.54, 1.807) is 4.90 Å². The van der Waals surface area contributed by atoms with E-state index in [9.17, 15) is 9.59 Å². The summed E-state index contributed by atoms with van der Waals surface area (Å²) in [5.74, 6) is -0.151. The van der Waals surface area contributed by atoms with Crippen LogP contribution in [0.25, 0.3) is 0 Å². The van der Waals surface area contributed by atoms with Gasteiger partial charge in [0.05, 0.1) is 17.6 Å². The summed E-state index contributed by atoms with van der Waals surface area (Å²) in [5.41, 5.74) is 1.21. The Bertz CT molecular complexity index is 627. The number of aromatic nitrogens is 2. The molecule has 3 rings (SSSR count). The Hall–Kier alpha value is -2.42. The van der Waals surface area contributed by atoms with E-state index in [0.29, 0.717) is 19.0 Å². The van der Waals surface area contributed by atoms with Gasteiger partial charge in [0.1, 0.15) is 5.60 Å². The van der Waals surface area contributed by atoms with E-state index < -0.39 is 11.5 Å². The fourth-order valence-corrected chi connectivity index (χ4v) is 2.67. The summed E-state index contributed by atoms with van der Waals surface area (Å²) < 4.78 is 5.36. The molecule has 1 unspecified atom stereocenters. The molecule has 1 aromatic heterocycles. The molecule has 2 amide bonds. The van der Waals surface area contributed by atoms with Gasteiger partial charge in [0.15, 0.2) is 0 Å². The molecule has 2 atom stereocenters. The number of hydrogen-bond acceptors (Lipinski definition) is 7. The summed E-state index contributed by atoms with van der Waals surface area (Å²) in [7, 11) is 0. The van der Waals surface area contributed by atoms with E-state index in [1.807, 2.05) is 25.7 Å². The Kier molecular flexibility index (Phi) is 3.59. The first-order chi connectivity index (χ1) is 10.8. The van der Waals surface area contributed by atoms with Gasteiger partial charge in [-0.3, -0.25) is 14.9 Å². The smallest absolute Gasteiger partial charge is 0.410 e. The Morgan fingerprint density at radius 3 is 2.39 bits per heavy atom. The summed E-state index contributed by atoms with van der Waals surface area (Å²) in [6, 6.07) is 0.300. The standard InChI is InChI=1S/C14H19N5O4/c1-14(2,3)23-13(21)19-7-9-10(19)6-18(9)12-15-4-8(5-16-12)11(20)17-22/h4-5,9-10,22H,6-7H2,1-3H3,(H,17,20)/t9-,10?/m1/s1. The molecule has 0 radical (unpaired) electrons. The maximum atomic E-state index is 12.0. The van der Waals surface area contributed by atoms with Crippen LogP contribution in [-0.2, 0) is 4.74 Å². The summed E-state index contributed by atoms with van der Waals surface area (Å²) >= 11 is 0. The predicted molar refractivity (Wildman–Crippen MR) is 79.1 cm³/mol. The monoisotopic (exact) mass is 321 g/mol. The molecular weight excluding hydrogens is 302 g/mol. The van der Waals surface area contributed by atoms with Crippen molar-refractivity contribution in [3.63, 3.8) is 0 Å². The highest BCUT2D eigenvalue weighted by molar-refractivity contribution is 5.92. The molecular formula is C14H19N5O4. The number of nitrogens with one attached hydrogen (secondary N) is 1. The highest BCUT2D eigenvalue weighted by Crippen LogP contribution is 2.36. The van der Waals surface area contributed by atoms with Crippen LogP contribution in [0.3, 0.4) is 0 Å². The number of likely N-dealkylation sites (tertiary alicyclic amines) is 1. The van der Waals surface area contributed by atoms with Crippen molar-refractivity contribution in [1.29, 1.82) is 0 Å². The summed E-state index contributed by atoms with van der Waals surface area (Å²) in [4.78, 5) is 35.2. The van der Waals surface area contributed by atoms with Crippen LogP contribution in [-0.4, -0.2) is 62.8 Å². The first-order valence-corrected chi connectivity index (χ1v) is 7.33. The third kappa shape index (κ3) is 2.79. The topological polar surface area (TPSA) is 108 Å². The number of rotatable bonds is 2. The van der Waals surface area contributed by atoms with Crippen molar-refractivity contribution < 1.29 is 19.5 Å². The van der Waals surface area contributed by atoms with Crippen LogP contribution in [0.5, 0.6) is 0 Å². The lowest BCUT2D eigenvalue weighted by Gasteiger charge is -2.61. The minimum atomic E-state index is -0.655. The van der Waals surface area contributed by atoms with E-state index in [2.05, 4.69) is 9.97 Å². The van der Waals surface area contributed by atoms with E-state index in [-0.39, 0.29) is 23.7 Å². The van der Waals surface area contributed by atoms with Gasteiger partial charge in [0.25, 0.3) is 5.91 Å². The van der Waals surface area contributed by atoms with E-state index in [0.717, 1.165) is 0 Å². The molecule has 23 heavy (non-hydrogen) atoms. The number of carbonyl (C=O) groups is 2. The fourth-order valence-electron chi connectivity index (χ4n) is 2.67. The quantitative estimate of drug-likeness (QED) is 0.599. The minimum Gasteiger partial charge on any atom is -0.444 e. The second-order valence-electron chi connectivity index (χ2n) is 6.63. The van der Waals surface area contributed by atoms with Crippen LogP contribution < -0.4 is 10.4 Å². The molecule has 2 aliphatic heterocycles. The molecule has 0 aromatic carbocycles. The molecule has 0 saturated carbocycles. The number of fused-ring (bicyclic) bond motifs is 1. The lowest BCUT2D eigenvalue weighted by atomic mass is 9.86. The minimum absolute atomic E-state index is 0.119. The van der Waals surface area contributed by atoms with Crippen molar-refractivity contribution in [2.45, 2.75) is 38.5 Å². The number of amides is 2. The van der Waals surface area contributed by atoms with Crippen LogP contribution in [0.1, 0.15) is 31.1 Å². The molecule has 2 aliphatic rings. The van der Waals surface area contributed by atoms with Crippen LogP contribution in [0.4, 0.5) is 10.7 Å². The van der Waals surface area contributed by atoms with Gasteiger partial charge in [0, 0.05) is 25.5 Å². The van der Waals surface area contributed by atoms with E-state index >= 15 is 0 Å². The summed E-state index contributed by atoms with van der Waals surface area (Å²) in [5, 5.41) is 8.56. The zero-order valence-corrected chi connectivity index (χ0v) is 13.2. The van der Waals surface area contributed by atoms with Crippen molar-refractivity contribution in [2.24, 2.45) is 0 Å². The molecule has 0 spiro atoms. The lowest BCUT2D eigenvalue weighted by molar-refractivity contribution is -0.0315. The molecule has 2 fully saturated rings. The van der Waals surface area contributed by atoms with E-state index in [1.165, 1.54) is 17.9 Å². The number of hydrogen-bond donors (Lipinski definition) is 2. The average molecular weight is 321 g/mol. The summed E-state index contributed by atoms with van der Waals surface area (Å²) in [6.45, 7) is 6.73. The van der Waals surface area contributed by atoms with Crippen LogP contribution >= 0.6 is 0 Å². The van der Waals surface area contributed by atoms with Crippen LogP contribution in [0.2, 0.25) is 0 Å². The van der Waals surface area contributed by atoms with Gasteiger partial charge in [-0.1, -0.05) is 0 Å². The maximum absolute atomic E-state index is 12.0. The van der Waals surface area contributed by atoms with Crippen molar-refractivity contribution >= 4 is 17.9 Å². The molecule has 9 heteroatoms. The van der Waals surface area contributed by atoms with E-state index in [4.69, 9.17) is 9.94 Å². The van der Waals surface area contributed by atoms with Crippen molar-refractivity contribution in [1.82, 2.24) is 20.3 Å². The van der Waals surface area contributed by atoms with Crippen molar-refractivity contribution in [2.75, 3.05) is 18.0 Å². The highest BCUT2D eigenvalue weighted by atomic mass is 16.6. The Labute approximate surface area is 133 Å². The first-order valence-electron chi connectivity index (χ1n) is 7.33. The molecule has 2 N–H and O–H groups in total. The van der Waals surface area contributed by atoms with Gasteiger partial charge in [-0.25, -0.2) is 20.2 Å². The number of nitrogens with zero attached hydrogens (tertiary/aromatic N) is 4. The largest absolute Gasteiger partial charge is 0.444 e. The molecule has 0 aliphatic carbocycles. The lowest BCUT2D eigenvalue weighted by Crippen LogP contribution is -2.80. The Morgan fingerprint density at radius 1 is 1.26 bits per heavy atom. The number of anilines is 1. The number of piperazine rings is 1. The van der Waals surface area contributed by atoms with Gasteiger partial charge in [-0.2, -0.15) is 0 Å². The van der Waals surface area contributed by atoms with Gasteiger partial charge in [0.2, 0.25) is 5.95 Å². The summed E-state index contributed by atoms with van der Waals surface area (Å²) in [6.07, 6.45) is 2.41. The number of carbonyl (C=O) groups excluding carboxylic acids is 2. The molecule has 1 aromatic rings. The Morgan fingerprint density at radius 2 is 1.91 bits per heavy atom. The number of ether oxygens (including phenoxy) is 1. The van der Waals surface area contributed by atoms with Gasteiger partial charge < -0.3 is 9.64 Å². The molecule has 124 valence electrons. The van der Waals surface area contributed by atoms with Crippen LogP contribution in [0.15, 0.2) is 12.4 Å². The third-order valence-corrected chi connectivity index (χ3v) is 3.90. The van der Waals surface area contributed by atoms with Gasteiger partial charge in [-0.15, -0.1) is 0 Å². The maximum Gasteiger partial charge on any atom is 0.410 e. The molecule has 9 nitrogen and oxygen atoms in total. The van der Waals surface area contributed by atoms with Gasteiger partial charge in [-0.05, 0) is 20.8 Å². The highest BCUT2D eigenvalue weighted by Gasteiger charge is 2.55. The Balaban J connectivity index is 1.57. The second-order valence-corrected chi connectivity index (χ2v) is 6.63. The van der Waals surface area contributed by atoms with Crippen LogP contribution in [0, 0.1) is 0 Å². The SMILES string of the molecule is CC(C)(C)OC(=O)N1C[C@@H]2C1CN2c1ncc(C(=O)NO)cn1. The predicted octanol–water partition coefficient (Wildman–Crippen LogP) is 0.404. The van der Waals surface area contributed by atoms with Crippen molar-refractivity contribution in [3.05, 3.63) is 18.0 Å².